The van der Waals surface area contributed by atoms with Crippen molar-refractivity contribution in [3.05, 3.63) is 75.4 Å². The van der Waals surface area contributed by atoms with Crippen LogP contribution in [0, 0.1) is 9.49 Å². The summed E-state index contributed by atoms with van der Waals surface area (Å²) in [5, 5.41) is 0.993. The number of pyridine rings is 1. The van der Waals surface area contributed by atoms with Gasteiger partial charge in [0.15, 0.2) is 12.1 Å². The largest absolute Gasteiger partial charge is 0.307 e. The minimum Gasteiger partial charge on any atom is -0.307 e. The number of ketones is 1. The number of para-hydroxylation sites is 1. The van der Waals surface area contributed by atoms with Crippen LogP contribution in [0.4, 0.5) is 0 Å². The molecule has 1 saturated carbocycles. The molecule has 0 N–H and O–H groups in total. The lowest BCUT2D eigenvalue weighted by Gasteiger charge is -2.20. The average molecular weight is 507 g/mol. The number of rotatable bonds is 4. The lowest BCUT2D eigenvalue weighted by Crippen LogP contribution is -2.18. The highest BCUT2D eigenvalue weighted by Crippen LogP contribution is 2.40. The van der Waals surface area contributed by atoms with Crippen molar-refractivity contribution >= 4 is 51.1 Å². The van der Waals surface area contributed by atoms with E-state index in [1.807, 2.05) is 42.5 Å². The average Bonchev–Trinajstić information content (AvgIpc) is 3.12. The SMILES string of the molecule is O=Cc1cc2ccccc2n2c(-c3ccccc3)c(I)c(C(=O)C3CCCCC3)c12. The number of halogens is 1. The number of benzene rings is 2. The van der Waals surface area contributed by atoms with E-state index in [9.17, 15) is 9.59 Å². The minimum atomic E-state index is 0.0491. The Balaban J connectivity index is 1.91. The minimum absolute atomic E-state index is 0.0491. The Bertz CT molecular complexity index is 1270. The van der Waals surface area contributed by atoms with Gasteiger partial charge in [-0.25, -0.2) is 0 Å². The monoisotopic (exact) mass is 507 g/mol. The summed E-state index contributed by atoms with van der Waals surface area (Å²) in [4.78, 5) is 25.9. The maximum atomic E-state index is 13.7. The summed E-state index contributed by atoms with van der Waals surface area (Å²) < 4.78 is 3.07. The number of hydrogen-bond acceptors (Lipinski definition) is 2. The highest BCUT2D eigenvalue weighted by atomic mass is 127. The number of hydrogen-bond donors (Lipinski definition) is 0. The van der Waals surface area contributed by atoms with E-state index in [2.05, 4.69) is 45.2 Å². The van der Waals surface area contributed by atoms with E-state index in [0.717, 1.165) is 63.2 Å². The fraction of sp³-hybridized carbons (Fsp3) is 0.231. The Morgan fingerprint density at radius 1 is 0.967 bits per heavy atom. The second kappa shape index (κ2) is 7.99. The van der Waals surface area contributed by atoms with Crippen molar-refractivity contribution in [2.45, 2.75) is 32.1 Å². The third-order valence-electron chi connectivity index (χ3n) is 6.27. The summed E-state index contributed by atoms with van der Waals surface area (Å²) in [6.45, 7) is 0. The van der Waals surface area contributed by atoms with Crippen LogP contribution in [0.2, 0.25) is 0 Å². The Morgan fingerprint density at radius 2 is 1.67 bits per heavy atom. The van der Waals surface area contributed by atoms with Crippen LogP contribution in [0.15, 0.2) is 60.7 Å². The van der Waals surface area contributed by atoms with E-state index in [1.54, 1.807) is 0 Å². The van der Waals surface area contributed by atoms with Crippen molar-refractivity contribution in [3.63, 3.8) is 0 Å². The number of nitrogens with zero attached hydrogens (tertiary/aromatic N) is 1. The van der Waals surface area contributed by atoms with Crippen molar-refractivity contribution < 1.29 is 9.59 Å². The molecule has 4 aromatic rings. The fourth-order valence-electron chi connectivity index (χ4n) is 4.84. The smallest absolute Gasteiger partial charge is 0.169 e. The summed E-state index contributed by atoms with van der Waals surface area (Å²) in [5.41, 5.74) is 5.10. The standard InChI is InChI=1S/C26H22INO2/c27-23-22(26(30)18-11-5-2-6-12-18)24-20(16-29)15-19-13-7-8-14-21(19)28(24)25(23)17-9-3-1-4-10-17/h1,3-4,7-10,13-16,18H,2,5-6,11-12H2. The van der Waals surface area contributed by atoms with Gasteiger partial charge < -0.3 is 4.40 Å². The van der Waals surface area contributed by atoms with Gasteiger partial charge in [-0.15, -0.1) is 0 Å². The first kappa shape index (κ1) is 19.5. The van der Waals surface area contributed by atoms with E-state index in [0.29, 0.717) is 11.1 Å². The second-order valence-electron chi connectivity index (χ2n) is 8.06. The Hall–Kier alpha value is -2.47. The Kier molecular flexibility index (Phi) is 5.19. The molecule has 3 nitrogen and oxygen atoms in total. The molecule has 0 unspecified atom stereocenters. The molecule has 0 atom stereocenters. The van der Waals surface area contributed by atoms with Gasteiger partial charge in [-0.2, -0.15) is 0 Å². The molecule has 2 aromatic heterocycles. The van der Waals surface area contributed by atoms with Gasteiger partial charge in [-0.05, 0) is 58.5 Å². The first-order chi connectivity index (χ1) is 14.7. The summed E-state index contributed by atoms with van der Waals surface area (Å²) in [7, 11) is 0. The molecule has 0 bridgehead atoms. The molecule has 1 aliphatic carbocycles. The Morgan fingerprint density at radius 3 is 2.40 bits per heavy atom. The van der Waals surface area contributed by atoms with Gasteiger partial charge in [0.25, 0.3) is 0 Å². The number of aldehydes is 1. The van der Waals surface area contributed by atoms with Crippen LogP contribution >= 0.6 is 22.6 Å². The van der Waals surface area contributed by atoms with E-state index in [1.165, 1.54) is 6.42 Å². The predicted molar refractivity (Wildman–Crippen MR) is 129 cm³/mol. The van der Waals surface area contributed by atoms with Gasteiger partial charge in [0.2, 0.25) is 0 Å². The van der Waals surface area contributed by atoms with E-state index >= 15 is 0 Å². The van der Waals surface area contributed by atoms with Crippen molar-refractivity contribution in [1.82, 2.24) is 4.40 Å². The number of aromatic nitrogens is 1. The van der Waals surface area contributed by atoms with Crippen molar-refractivity contribution in [1.29, 1.82) is 0 Å². The lowest BCUT2D eigenvalue weighted by molar-refractivity contribution is 0.0890. The molecule has 0 radical (unpaired) electrons. The molecule has 150 valence electrons. The summed E-state index contributed by atoms with van der Waals surface area (Å²) in [5.74, 6) is 0.241. The molecule has 1 aliphatic rings. The predicted octanol–water partition coefficient (Wildman–Crippen LogP) is 6.94. The van der Waals surface area contributed by atoms with Gasteiger partial charge in [0, 0.05) is 11.5 Å². The van der Waals surface area contributed by atoms with Crippen LogP contribution in [-0.2, 0) is 0 Å². The molecule has 0 spiro atoms. The van der Waals surface area contributed by atoms with Crippen LogP contribution in [0.25, 0.3) is 27.7 Å². The van der Waals surface area contributed by atoms with Crippen LogP contribution in [-0.4, -0.2) is 16.5 Å². The maximum absolute atomic E-state index is 13.7. The molecule has 0 aliphatic heterocycles. The first-order valence-electron chi connectivity index (χ1n) is 10.5. The molecule has 0 saturated heterocycles. The van der Waals surface area contributed by atoms with Crippen molar-refractivity contribution in [2.75, 3.05) is 0 Å². The molecular formula is C26H22INO2. The van der Waals surface area contributed by atoms with Crippen LogP contribution < -0.4 is 0 Å². The topological polar surface area (TPSA) is 38.5 Å². The van der Waals surface area contributed by atoms with E-state index < -0.39 is 0 Å². The molecule has 4 heteroatoms. The Labute approximate surface area is 189 Å². The zero-order valence-corrected chi connectivity index (χ0v) is 18.8. The number of fused-ring (bicyclic) bond motifs is 3. The zero-order chi connectivity index (χ0) is 20.7. The van der Waals surface area contributed by atoms with E-state index in [-0.39, 0.29) is 11.7 Å². The first-order valence-corrected chi connectivity index (χ1v) is 11.6. The van der Waals surface area contributed by atoms with Crippen molar-refractivity contribution in [2.24, 2.45) is 5.92 Å². The number of carbonyl (C=O) groups excluding carboxylic acids is 2. The third-order valence-corrected chi connectivity index (χ3v) is 7.32. The molecule has 2 heterocycles. The third kappa shape index (κ3) is 3.09. The highest BCUT2D eigenvalue weighted by molar-refractivity contribution is 14.1. The maximum Gasteiger partial charge on any atom is 0.169 e. The fourth-order valence-corrected chi connectivity index (χ4v) is 5.92. The van der Waals surface area contributed by atoms with Gasteiger partial charge in [-0.3, -0.25) is 9.59 Å². The normalized spacial score (nSPS) is 15.0. The summed E-state index contributed by atoms with van der Waals surface area (Å²) in [6.07, 6.45) is 6.19. The van der Waals surface area contributed by atoms with Crippen LogP contribution in [0.3, 0.4) is 0 Å². The van der Waals surface area contributed by atoms with Gasteiger partial charge in [0.1, 0.15) is 0 Å². The second-order valence-corrected chi connectivity index (χ2v) is 9.14. The van der Waals surface area contributed by atoms with Crippen LogP contribution in [0.5, 0.6) is 0 Å². The zero-order valence-electron chi connectivity index (χ0n) is 16.6. The van der Waals surface area contributed by atoms with Crippen LogP contribution in [0.1, 0.15) is 52.8 Å². The molecule has 0 amide bonds. The van der Waals surface area contributed by atoms with Gasteiger partial charge >= 0.3 is 0 Å². The number of Topliss-reactive ketones (excluding diaryl/α,β-unsaturated/α-hetero) is 1. The van der Waals surface area contributed by atoms with Crippen molar-refractivity contribution in [3.8, 4) is 11.3 Å². The molecule has 1 fully saturated rings. The molecule has 2 aromatic carbocycles. The molecule has 30 heavy (non-hydrogen) atoms. The summed E-state index contributed by atoms with van der Waals surface area (Å²) >= 11 is 2.32. The summed E-state index contributed by atoms with van der Waals surface area (Å²) in [6, 6.07) is 20.1. The lowest BCUT2D eigenvalue weighted by atomic mass is 9.83. The van der Waals surface area contributed by atoms with E-state index in [4.69, 9.17) is 0 Å². The van der Waals surface area contributed by atoms with Gasteiger partial charge in [0.05, 0.1) is 25.9 Å². The molecular weight excluding hydrogens is 485 g/mol. The highest BCUT2D eigenvalue weighted by Gasteiger charge is 2.31. The quantitative estimate of drug-likeness (QED) is 0.171. The number of carbonyl (C=O) groups is 2. The molecule has 5 rings (SSSR count). The van der Waals surface area contributed by atoms with Gasteiger partial charge in [-0.1, -0.05) is 67.8 Å².